The van der Waals surface area contributed by atoms with Crippen molar-refractivity contribution in [1.82, 2.24) is 0 Å². The smallest absolute Gasteiger partial charge is 0.202 e. The molecule has 5 aromatic carbocycles. The minimum absolute atomic E-state index is 0.0451. The quantitative estimate of drug-likeness (QED) is 0.154. The molecular formula is C26H10N4. The molecule has 0 N–H and O–H groups in total. The first-order valence-corrected chi connectivity index (χ1v) is 9.12. The van der Waals surface area contributed by atoms with Gasteiger partial charge in [0.15, 0.2) is 5.69 Å². The summed E-state index contributed by atoms with van der Waals surface area (Å²) in [4.78, 5) is 10.6. The Labute approximate surface area is 172 Å². The maximum Gasteiger partial charge on any atom is 0.202 e. The van der Waals surface area contributed by atoms with E-state index < -0.39 is 0 Å². The van der Waals surface area contributed by atoms with E-state index in [1.165, 1.54) is 0 Å². The summed E-state index contributed by atoms with van der Waals surface area (Å²) in [7, 11) is 0. The second-order valence-electron chi connectivity index (χ2n) is 6.91. The van der Waals surface area contributed by atoms with Crippen LogP contribution in [0, 0.1) is 31.0 Å². The van der Waals surface area contributed by atoms with Gasteiger partial charge in [0.2, 0.25) is 11.4 Å². The fraction of sp³-hybridized carbons (Fsp3) is 0. The lowest BCUT2D eigenvalue weighted by Crippen LogP contribution is -1.89. The molecule has 0 amide bonds. The Balaban J connectivity index is 2.27. The molecule has 0 saturated heterocycles. The van der Waals surface area contributed by atoms with E-state index in [2.05, 4.69) is 26.7 Å². The van der Waals surface area contributed by atoms with E-state index in [0.29, 0.717) is 10.8 Å². The topological polar surface area (TPSA) is 36.9 Å². The lowest BCUT2D eigenvalue weighted by atomic mass is 9.88. The minimum atomic E-state index is -0.0474. The van der Waals surface area contributed by atoms with Crippen LogP contribution in [0.15, 0.2) is 60.7 Å². The second kappa shape index (κ2) is 6.32. The van der Waals surface area contributed by atoms with Gasteiger partial charge in [0.1, 0.15) is 0 Å². The van der Waals surface area contributed by atoms with E-state index >= 15 is 0 Å². The second-order valence-corrected chi connectivity index (χ2v) is 6.91. The van der Waals surface area contributed by atoms with Gasteiger partial charge in [0.25, 0.3) is 0 Å². The lowest BCUT2D eigenvalue weighted by Gasteiger charge is -2.16. The molecule has 0 radical (unpaired) electrons. The van der Waals surface area contributed by atoms with Gasteiger partial charge in [-0.25, -0.2) is 0 Å². The number of hydrogen-bond acceptors (Lipinski definition) is 1. The summed E-state index contributed by atoms with van der Waals surface area (Å²) in [6, 6.07) is 21.9. The van der Waals surface area contributed by atoms with Crippen molar-refractivity contribution < 1.29 is 0 Å². The molecule has 0 aromatic heterocycles. The number of benzene rings is 5. The molecule has 0 aliphatic carbocycles. The van der Waals surface area contributed by atoms with Crippen LogP contribution >= 0.6 is 0 Å². The van der Waals surface area contributed by atoms with Crippen LogP contribution in [0.1, 0.15) is 5.56 Å². The Kier molecular flexibility index (Phi) is 3.63. The van der Waals surface area contributed by atoms with E-state index in [-0.39, 0.29) is 22.6 Å². The van der Waals surface area contributed by atoms with E-state index in [9.17, 15) is 5.26 Å². The third-order valence-electron chi connectivity index (χ3n) is 5.51. The predicted molar refractivity (Wildman–Crippen MR) is 120 cm³/mol. The van der Waals surface area contributed by atoms with Gasteiger partial charge in [0, 0.05) is 0 Å². The SMILES string of the molecule is [C-]#[N+]c1c([N+]#[C-])c([N+]#[C-])c2c3cc4ccccc4cc3c3ccccc3c2c1C#N. The van der Waals surface area contributed by atoms with Gasteiger partial charge in [-0.1, -0.05) is 48.5 Å². The van der Waals surface area contributed by atoms with Gasteiger partial charge in [-0.05, 0) is 55.2 Å². The number of hydrogen-bond donors (Lipinski definition) is 0. The van der Waals surface area contributed by atoms with E-state index in [1.54, 1.807) is 0 Å². The van der Waals surface area contributed by atoms with Crippen molar-refractivity contribution in [3.63, 3.8) is 0 Å². The van der Waals surface area contributed by atoms with Crippen LogP contribution in [0.4, 0.5) is 17.1 Å². The van der Waals surface area contributed by atoms with Gasteiger partial charge in [-0.15, -0.1) is 0 Å². The summed E-state index contributed by atoms with van der Waals surface area (Å²) in [5.74, 6) is 0. The fourth-order valence-electron chi connectivity index (χ4n) is 4.28. The van der Waals surface area contributed by atoms with Crippen molar-refractivity contribution in [2.24, 2.45) is 0 Å². The number of rotatable bonds is 0. The van der Waals surface area contributed by atoms with E-state index in [1.807, 2.05) is 54.6 Å². The standard InChI is InChI=1S/C26H10N4/c1-28-24-21(14-27)22-18-11-7-6-10-17(18)19-12-15-8-4-5-9-16(15)13-20(19)23(22)25(29-2)26(24)30-3/h4-13H. The van der Waals surface area contributed by atoms with Crippen molar-refractivity contribution in [2.45, 2.75) is 0 Å². The average Bonchev–Trinajstić information content (AvgIpc) is 2.81. The van der Waals surface area contributed by atoms with E-state index in [0.717, 1.165) is 32.3 Å². The fourth-order valence-corrected chi connectivity index (χ4v) is 4.28. The molecule has 4 heteroatoms. The third kappa shape index (κ3) is 2.11. The van der Waals surface area contributed by atoms with Crippen molar-refractivity contribution in [1.29, 1.82) is 5.26 Å². The summed E-state index contributed by atoms with van der Waals surface area (Å²) in [6.45, 7) is 23.0. The molecule has 0 aliphatic heterocycles. The van der Waals surface area contributed by atoms with Crippen LogP contribution in [0.2, 0.25) is 0 Å². The molecule has 0 unspecified atom stereocenters. The van der Waals surface area contributed by atoms with Crippen molar-refractivity contribution in [3.8, 4) is 6.07 Å². The Morgan fingerprint density at radius 3 is 1.77 bits per heavy atom. The molecule has 134 valence electrons. The van der Waals surface area contributed by atoms with Gasteiger partial charge in [0.05, 0.1) is 31.3 Å². The largest absolute Gasteiger partial charge is 0.262 e. The molecular weight excluding hydrogens is 368 g/mol. The molecule has 0 heterocycles. The van der Waals surface area contributed by atoms with Crippen molar-refractivity contribution >= 4 is 60.2 Å². The van der Waals surface area contributed by atoms with Gasteiger partial charge >= 0.3 is 0 Å². The lowest BCUT2D eigenvalue weighted by molar-refractivity contribution is 1.51. The first kappa shape index (κ1) is 17.2. The molecule has 4 nitrogen and oxygen atoms in total. The molecule has 0 atom stereocenters. The van der Waals surface area contributed by atoms with Crippen LogP contribution in [0.25, 0.3) is 57.6 Å². The summed E-state index contributed by atoms with van der Waals surface area (Å²) in [5, 5.41) is 16.7. The van der Waals surface area contributed by atoms with Crippen LogP contribution in [0.3, 0.4) is 0 Å². The van der Waals surface area contributed by atoms with Gasteiger partial charge in [-0.3, -0.25) is 14.5 Å². The third-order valence-corrected chi connectivity index (χ3v) is 5.51. The maximum atomic E-state index is 9.96. The zero-order chi connectivity index (χ0) is 20.8. The number of nitrogens with zero attached hydrogens (tertiary/aromatic N) is 4. The summed E-state index contributed by atoms with van der Waals surface area (Å²) in [5.41, 5.74) is 0.200. The Morgan fingerprint density at radius 2 is 1.17 bits per heavy atom. The first-order chi connectivity index (χ1) is 14.7. The molecule has 0 aliphatic rings. The molecule has 0 spiro atoms. The highest BCUT2D eigenvalue weighted by atomic mass is 14.8. The summed E-state index contributed by atoms with van der Waals surface area (Å²) < 4.78 is 0. The highest BCUT2D eigenvalue weighted by molar-refractivity contribution is 6.33. The molecule has 0 bridgehead atoms. The number of fused-ring (bicyclic) bond motifs is 7. The Hall–Kier alpha value is -4.90. The summed E-state index contributed by atoms with van der Waals surface area (Å²) in [6.07, 6.45) is 0. The minimum Gasteiger partial charge on any atom is -0.262 e. The first-order valence-electron chi connectivity index (χ1n) is 9.12. The van der Waals surface area contributed by atoms with Crippen LogP contribution in [-0.2, 0) is 0 Å². The maximum absolute atomic E-state index is 9.96. The molecule has 0 fully saturated rings. The molecule has 0 saturated carbocycles. The molecule has 5 rings (SSSR count). The monoisotopic (exact) mass is 378 g/mol. The Morgan fingerprint density at radius 1 is 0.600 bits per heavy atom. The average molecular weight is 378 g/mol. The van der Waals surface area contributed by atoms with Crippen LogP contribution in [0.5, 0.6) is 0 Å². The van der Waals surface area contributed by atoms with Crippen molar-refractivity contribution in [3.05, 3.63) is 100 Å². The van der Waals surface area contributed by atoms with Crippen LogP contribution < -0.4 is 0 Å². The van der Waals surface area contributed by atoms with Crippen LogP contribution in [-0.4, -0.2) is 0 Å². The summed E-state index contributed by atoms with van der Waals surface area (Å²) >= 11 is 0. The Bertz CT molecular complexity index is 1730. The zero-order valence-corrected chi connectivity index (χ0v) is 15.6. The van der Waals surface area contributed by atoms with Gasteiger partial charge in [-0.2, -0.15) is 5.26 Å². The highest BCUT2D eigenvalue weighted by Gasteiger charge is 2.24. The van der Waals surface area contributed by atoms with Gasteiger partial charge < -0.3 is 0 Å². The van der Waals surface area contributed by atoms with Crippen molar-refractivity contribution in [2.75, 3.05) is 0 Å². The molecule has 30 heavy (non-hydrogen) atoms. The van der Waals surface area contributed by atoms with E-state index in [4.69, 9.17) is 19.7 Å². The molecule has 5 aromatic rings. The normalized spacial score (nSPS) is 10.5. The zero-order valence-electron chi connectivity index (χ0n) is 15.6. The predicted octanol–water partition coefficient (Wildman–Crippen LogP) is 7.82. The number of nitriles is 1. The highest BCUT2D eigenvalue weighted by Crippen LogP contribution is 2.51.